The number of likely N-dealkylation sites (tertiary alicyclic amines) is 1. The van der Waals surface area contributed by atoms with Crippen molar-refractivity contribution in [2.75, 3.05) is 26.2 Å². The van der Waals surface area contributed by atoms with Gasteiger partial charge in [0.15, 0.2) is 0 Å². The average Bonchev–Trinajstić information content (AvgIpc) is 3.19. The lowest BCUT2D eigenvalue weighted by Gasteiger charge is -2.35. The quantitative estimate of drug-likeness (QED) is 0.677. The first-order valence-electron chi connectivity index (χ1n) is 11.6. The summed E-state index contributed by atoms with van der Waals surface area (Å²) in [6.07, 6.45) is 8.18. The second kappa shape index (κ2) is 9.21. The molecule has 0 N–H and O–H groups in total. The molecule has 5 heteroatoms. The van der Waals surface area contributed by atoms with Crippen LogP contribution < -0.4 is 0 Å². The fourth-order valence-electron chi connectivity index (χ4n) is 5.00. The minimum absolute atomic E-state index is 0.174. The molecule has 4 rings (SSSR count). The van der Waals surface area contributed by atoms with E-state index in [0.29, 0.717) is 32.6 Å². The maximum absolute atomic E-state index is 13.7. The lowest BCUT2D eigenvalue weighted by molar-refractivity contribution is -0.143. The van der Waals surface area contributed by atoms with E-state index >= 15 is 0 Å². The fourth-order valence-corrected chi connectivity index (χ4v) is 5.00. The van der Waals surface area contributed by atoms with E-state index in [9.17, 15) is 9.59 Å². The monoisotopic (exact) mass is 419 g/mol. The lowest BCUT2D eigenvalue weighted by Crippen LogP contribution is -2.48. The summed E-state index contributed by atoms with van der Waals surface area (Å²) in [5.74, 6) is 0.617. The second-order valence-electron chi connectivity index (χ2n) is 9.01. The first-order valence-corrected chi connectivity index (χ1v) is 11.6. The van der Waals surface area contributed by atoms with Crippen molar-refractivity contribution in [2.24, 2.45) is 11.3 Å². The van der Waals surface area contributed by atoms with E-state index in [4.69, 9.17) is 0 Å². The van der Waals surface area contributed by atoms with Gasteiger partial charge in [0.25, 0.3) is 0 Å². The number of hydrogen-bond donors (Lipinski definition) is 0. The molecular formula is C26H33N3O2. The largest absolute Gasteiger partial charge is 0.343 e. The highest BCUT2D eigenvalue weighted by Gasteiger charge is 2.48. The van der Waals surface area contributed by atoms with Crippen LogP contribution >= 0.6 is 0 Å². The Morgan fingerprint density at radius 2 is 1.90 bits per heavy atom. The highest BCUT2D eigenvalue weighted by molar-refractivity contribution is 5.86. The van der Waals surface area contributed by atoms with Crippen LogP contribution in [-0.4, -0.2) is 52.8 Å². The summed E-state index contributed by atoms with van der Waals surface area (Å²) in [7, 11) is 0. The van der Waals surface area contributed by atoms with Crippen molar-refractivity contribution in [3.63, 3.8) is 0 Å². The molecule has 2 aliphatic rings. The van der Waals surface area contributed by atoms with Crippen LogP contribution in [0.3, 0.4) is 0 Å². The van der Waals surface area contributed by atoms with E-state index < -0.39 is 5.41 Å². The number of aromatic nitrogens is 1. The zero-order chi connectivity index (χ0) is 21.8. The van der Waals surface area contributed by atoms with E-state index in [0.717, 1.165) is 42.4 Å². The van der Waals surface area contributed by atoms with Gasteiger partial charge in [-0.3, -0.25) is 14.6 Å². The number of hydrogen-bond acceptors (Lipinski definition) is 3. The Balaban J connectivity index is 1.61. The normalized spacial score (nSPS) is 21.0. The molecule has 1 saturated carbocycles. The molecule has 2 amide bonds. The molecule has 0 radical (unpaired) electrons. The predicted octanol–water partition coefficient (Wildman–Crippen LogP) is 4.18. The van der Waals surface area contributed by atoms with Gasteiger partial charge in [-0.1, -0.05) is 36.8 Å². The minimum atomic E-state index is -0.543. The van der Waals surface area contributed by atoms with Crippen molar-refractivity contribution in [1.29, 1.82) is 0 Å². The van der Waals surface area contributed by atoms with Crippen LogP contribution in [0.5, 0.6) is 0 Å². The van der Waals surface area contributed by atoms with Gasteiger partial charge in [-0.15, -0.1) is 0 Å². The first-order chi connectivity index (χ1) is 15.1. The summed E-state index contributed by atoms with van der Waals surface area (Å²) >= 11 is 0. The van der Waals surface area contributed by atoms with E-state index in [1.807, 2.05) is 35.9 Å². The maximum Gasteiger partial charge on any atom is 0.230 e. The summed E-state index contributed by atoms with van der Waals surface area (Å²) in [5.41, 5.74) is 2.77. The number of carbonyl (C=O) groups excluding carboxylic acids is 2. The number of amides is 2. The van der Waals surface area contributed by atoms with Gasteiger partial charge in [-0.25, -0.2) is 0 Å². The van der Waals surface area contributed by atoms with Crippen LogP contribution in [-0.2, 0) is 16.0 Å². The molecule has 1 aliphatic heterocycles. The van der Waals surface area contributed by atoms with Gasteiger partial charge in [-0.05, 0) is 62.3 Å². The Morgan fingerprint density at radius 1 is 1.13 bits per heavy atom. The van der Waals surface area contributed by atoms with Crippen LogP contribution in [0.2, 0.25) is 0 Å². The van der Waals surface area contributed by atoms with E-state index in [-0.39, 0.29) is 17.7 Å². The molecule has 164 valence electrons. The molecule has 0 bridgehead atoms. The third-order valence-corrected chi connectivity index (χ3v) is 7.09. The zero-order valence-electron chi connectivity index (χ0n) is 18.7. The summed E-state index contributed by atoms with van der Waals surface area (Å²) in [6, 6.07) is 12.4. The molecular weight excluding hydrogens is 386 g/mol. The van der Waals surface area contributed by atoms with Gasteiger partial charge < -0.3 is 9.80 Å². The zero-order valence-corrected chi connectivity index (χ0v) is 18.7. The number of pyridine rings is 1. The van der Waals surface area contributed by atoms with Crippen LogP contribution in [0.4, 0.5) is 0 Å². The Labute approximate surface area is 185 Å². The molecule has 31 heavy (non-hydrogen) atoms. The Kier molecular flexibility index (Phi) is 6.40. The Morgan fingerprint density at radius 3 is 2.55 bits per heavy atom. The van der Waals surface area contributed by atoms with Crippen molar-refractivity contribution in [1.82, 2.24) is 14.8 Å². The summed E-state index contributed by atoms with van der Waals surface area (Å²) < 4.78 is 0. The molecule has 2 heterocycles. The van der Waals surface area contributed by atoms with E-state index in [1.165, 1.54) is 0 Å². The van der Waals surface area contributed by atoms with Crippen LogP contribution in [0, 0.1) is 11.3 Å². The second-order valence-corrected chi connectivity index (χ2v) is 9.01. The van der Waals surface area contributed by atoms with Crippen molar-refractivity contribution in [3.8, 4) is 11.1 Å². The standard InChI is InChI=1S/C26H33N3O2/c1-3-28(4-2)25(31)26(13-15-29(19-26)24(30)21-9-6-10-21)17-20-8-5-11-22(16-20)23-12-7-14-27-18-23/h5,7-8,11-12,14,16,18,21H,3-4,6,9-10,13,15,17,19H2,1-2H3/t26-/m0/s1. The van der Waals surface area contributed by atoms with E-state index in [1.54, 1.807) is 6.20 Å². The third kappa shape index (κ3) is 4.36. The third-order valence-electron chi connectivity index (χ3n) is 7.09. The number of carbonyl (C=O) groups is 2. The molecule has 2 fully saturated rings. The van der Waals surface area contributed by atoms with Gasteiger partial charge in [0.05, 0.1) is 5.41 Å². The van der Waals surface area contributed by atoms with Crippen molar-refractivity contribution < 1.29 is 9.59 Å². The number of benzene rings is 1. The highest BCUT2D eigenvalue weighted by atomic mass is 16.2. The fraction of sp³-hybridized carbons (Fsp3) is 0.500. The topological polar surface area (TPSA) is 53.5 Å². The van der Waals surface area contributed by atoms with Crippen molar-refractivity contribution >= 4 is 11.8 Å². The van der Waals surface area contributed by atoms with Crippen LogP contribution in [0.1, 0.15) is 45.1 Å². The van der Waals surface area contributed by atoms with Crippen molar-refractivity contribution in [3.05, 3.63) is 54.4 Å². The molecule has 0 unspecified atom stereocenters. The maximum atomic E-state index is 13.7. The van der Waals surface area contributed by atoms with E-state index in [2.05, 4.69) is 35.3 Å². The molecule has 1 atom stereocenters. The molecule has 5 nitrogen and oxygen atoms in total. The smallest absolute Gasteiger partial charge is 0.230 e. The molecule has 1 aromatic heterocycles. The molecule has 1 saturated heterocycles. The SMILES string of the molecule is CCN(CC)C(=O)[C@]1(Cc2cccc(-c3cccnc3)c2)CCN(C(=O)C2CCC2)C1. The molecule has 1 aliphatic carbocycles. The van der Waals surface area contributed by atoms with Crippen molar-refractivity contribution in [2.45, 2.75) is 46.0 Å². The van der Waals surface area contributed by atoms with Gasteiger partial charge >= 0.3 is 0 Å². The number of rotatable bonds is 7. The Hall–Kier alpha value is -2.69. The predicted molar refractivity (Wildman–Crippen MR) is 122 cm³/mol. The summed E-state index contributed by atoms with van der Waals surface area (Å²) in [6.45, 7) is 6.68. The van der Waals surface area contributed by atoms with Gasteiger partial charge in [-0.2, -0.15) is 0 Å². The molecule has 0 spiro atoms. The summed E-state index contributed by atoms with van der Waals surface area (Å²) in [4.78, 5) is 34.8. The average molecular weight is 420 g/mol. The van der Waals surface area contributed by atoms with Crippen LogP contribution in [0.25, 0.3) is 11.1 Å². The van der Waals surface area contributed by atoms with Gasteiger partial charge in [0.1, 0.15) is 0 Å². The molecule has 2 aromatic rings. The molecule has 1 aromatic carbocycles. The van der Waals surface area contributed by atoms with Gasteiger partial charge in [0.2, 0.25) is 11.8 Å². The Bertz CT molecular complexity index is 921. The van der Waals surface area contributed by atoms with Gasteiger partial charge in [0, 0.05) is 44.5 Å². The van der Waals surface area contributed by atoms with Crippen LogP contribution in [0.15, 0.2) is 48.8 Å². The first kappa shape index (κ1) is 21.5. The minimum Gasteiger partial charge on any atom is -0.343 e. The highest BCUT2D eigenvalue weighted by Crippen LogP contribution is 2.39. The number of nitrogens with zero attached hydrogens (tertiary/aromatic N) is 3. The summed E-state index contributed by atoms with van der Waals surface area (Å²) in [5, 5.41) is 0. The lowest BCUT2D eigenvalue weighted by atomic mass is 9.78.